The molecule has 0 saturated heterocycles. The van der Waals surface area contributed by atoms with Gasteiger partial charge in [-0.3, -0.25) is 10.1 Å². The number of ether oxygens (including phenoxy) is 1. The lowest BCUT2D eigenvalue weighted by atomic mass is 10.1. The Balaban J connectivity index is 1.86. The summed E-state index contributed by atoms with van der Waals surface area (Å²) >= 11 is 2.01. The van der Waals surface area contributed by atoms with E-state index in [1.165, 1.54) is 24.9 Å². The molecule has 0 amide bonds. The van der Waals surface area contributed by atoms with E-state index in [-0.39, 0.29) is 15.6 Å². The monoisotopic (exact) mass is 387 g/mol. The smallest absolute Gasteiger partial charge is 0.348 e. The second-order valence-corrected chi connectivity index (χ2v) is 7.35. The first kappa shape index (κ1) is 18.0. The van der Waals surface area contributed by atoms with Gasteiger partial charge >= 0.3 is 11.0 Å². The Morgan fingerprint density at radius 2 is 1.88 bits per heavy atom. The van der Waals surface area contributed by atoms with Crippen molar-refractivity contribution in [1.29, 1.82) is 0 Å². The van der Waals surface area contributed by atoms with Crippen LogP contribution in [0, 0.1) is 10.1 Å². The Morgan fingerprint density at radius 3 is 2.50 bits per heavy atom. The van der Waals surface area contributed by atoms with Crippen molar-refractivity contribution in [3.63, 3.8) is 0 Å². The minimum atomic E-state index is -0.593. The fourth-order valence-electron chi connectivity index (χ4n) is 2.29. The fraction of sp³-hybridized carbons (Fsp3) is 0.0556. The molecule has 6 nitrogen and oxygen atoms in total. The summed E-state index contributed by atoms with van der Waals surface area (Å²) in [5.74, 6) is -0.408. The van der Waals surface area contributed by atoms with Crippen LogP contribution in [0.15, 0.2) is 64.4 Å². The van der Waals surface area contributed by atoms with E-state index in [0.717, 1.165) is 27.4 Å². The highest BCUT2D eigenvalue weighted by molar-refractivity contribution is 7.99. The molecule has 0 unspecified atom stereocenters. The highest BCUT2D eigenvalue weighted by Gasteiger charge is 2.23. The number of hydrogen-bond donors (Lipinski definition) is 1. The first-order chi connectivity index (χ1) is 12.5. The third-order valence-corrected chi connectivity index (χ3v) is 5.73. The molecule has 8 heteroatoms. The standard InChI is InChI=1S/C18H13NO5S2/c1-24-18(21)16-10-15(17(26-16)19(22)23)25-14-7-5-11(6-8-14)12-3-2-4-13(20)9-12/h2-10,20H,1H3. The SMILES string of the molecule is COC(=O)c1cc(Sc2ccc(-c3cccc(O)c3)cc2)c([N+](=O)[O-])s1. The molecule has 0 aliphatic carbocycles. The number of phenolic OH excluding ortho intramolecular Hbond substituents is 1. The molecule has 1 aromatic heterocycles. The number of nitro groups is 1. The summed E-state index contributed by atoms with van der Waals surface area (Å²) in [5, 5.41) is 20.7. The molecular weight excluding hydrogens is 374 g/mol. The van der Waals surface area contributed by atoms with Crippen LogP contribution < -0.4 is 0 Å². The van der Waals surface area contributed by atoms with Gasteiger partial charge in [0.2, 0.25) is 0 Å². The molecule has 3 aromatic rings. The van der Waals surface area contributed by atoms with Crippen LogP contribution >= 0.6 is 23.1 Å². The normalized spacial score (nSPS) is 10.5. The molecule has 1 heterocycles. The van der Waals surface area contributed by atoms with Gasteiger partial charge in [-0.1, -0.05) is 47.4 Å². The average molecular weight is 387 g/mol. The summed E-state index contributed by atoms with van der Waals surface area (Å²) in [6, 6.07) is 15.8. The summed E-state index contributed by atoms with van der Waals surface area (Å²) < 4.78 is 4.63. The van der Waals surface area contributed by atoms with E-state index in [2.05, 4.69) is 4.74 Å². The van der Waals surface area contributed by atoms with Gasteiger partial charge in [0.05, 0.1) is 12.0 Å². The van der Waals surface area contributed by atoms with E-state index in [0.29, 0.717) is 4.90 Å². The molecule has 0 spiro atoms. The summed E-state index contributed by atoms with van der Waals surface area (Å²) in [4.78, 5) is 23.7. The number of thiophene rings is 1. The maximum Gasteiger partial charge on any atom is 0.348 e. The quantitative estimate of drug-likeness (QED) is 0.378. The molecule has 0 aliphatic heterocycles. The number of benzene rings is 2. The van der Waals surface area contributed by atoms with Gasteiger partial charge < -0.3 is 9.84 Å². The van der Waals surface area contributed by atoms with Crippen LogP contribution in [-0.4, -0.2) is 23.1 Å². The molecule has 0 radical (unpaired) electrons. The summed E-state index contributed by atoms with van der Waals surface area (Å²) in [5.41, 5.74) is 1.79. The van der Waals surface area contributed by atoms with Gasteiger partial charge in [0.25, 0.3) is 0 Å². The number of methoxy groups -OCH3 is 1. The summed E-state index contributed by atoms with van der Waals surface area (Å²) in [6.45, 7) is 0. The van der Waals surface area contributed by atoms with Crippen molar-refractivity contribution in [3.05, 3.63) is 69.6 Å². The lowest BCUT2D eigenvalue weighted by Crippen LogP contribution is -1.96. The lowest BCUT2D eigenvalue weighted by molar-refractivity contribution is -0.382. The predicted molar refractivity (Wildman–Crippen MR) is 100.0 cm³/mol. The van der Waals surface area contributed by atoms with Gasteiger partial charge in [0.1, 0.15) is 15.5 Å². The van der Waals surface area contributed by atoms with Crippen LogP contribution in [0.25, 0.3) is 11.1 Å². The molecule has 132 valence electrons. The van der Waals surface area contributed by atoms with Crippen molar-refractivity contribution in [2.45, 2.75) is 9.79 Å². The first-order valence-electron chi connectivity index (χ1n) is 7.42. The molecule has 2 aromatic carbocycles. The van der Waals surface area contributed by atoms with E-state index in [1.807, 2.05) is 30.3 Å². The van der Waals surface area contributed by atoms with Crippen LogP contribution in [0.2, 0.25) is 0 Å². The number of esters is 1. The zero-order valence-corrected chi connectivity index (χ0v) is 15.2. The highest BCUT2D eigenvalue weighted by atomic mass is 32.2. The van der Waals surface area contributed by atoms with Crippen molar-refractivity contribution in [1.82, 2.24) is 0 Å². The third-order valence-electron chi connectivity index (χ3n) is 3.49. The van der Waals surface area contributed by atoms with Crippen LogP contribution in [0.4, 0.5) is 5.00 Å². The summed E-state index contributed by atoms with van der Waals surface area (Å²) in [7, 11) is 1.24. The molecule has 26 heavy (non-hydrogen) atoms. The number of nitrogens with zero attached hydrogens (tertiary/aromatic N) is 1. The Bertz CT molecular complexity index is 966. The Hall–Kier alpha value is -2.84. The number of phenols is 1. The van der Waals surface area contributed by atoms with Crippen LogP contribution in [0.5, 0.6) is 5.75 Å². The van der Waals surface area contributed by atoms with Gasteiger partial charge in [-0.2, -0.15) is 0 Å². The van der Waals surface area contributed by atoms with Crippen LogP contribution in [0.1, 0.15) is 9.67 Å². The van der Waals surface area contributed by atoms with Crippen molar-refractivity contribution in [3.8, 4) is 16.9 Å². The van der Waals surface area contributed by atoms with Gasteiger partial charge in [0, 0.05) is 4.90 Å². The van der Waals surface area contributed by atoms with E-state index >= 15 is 0 Å². The van der Waals surface area contributed by atoms with Crippen molar-refractivity contribution < 1.29 is 19.6 Å². The second kappa shape index (κ2) is 7.59. The lowest BCUT2D eigenvalue weighted by Gasteiger charge is -2.04. The zero-order valence-electron chi connectivity index (χ0n) is 13.5. The molecule has 0 saturated carbocycles. The molecule has 0 atom stereocenters. The van der Waals surface area contributed by atoms with Crippen molar-refractivity contribution in [2.75, 3.05) is 7.11 Å². The van der Waals surface area contributed by atoms with E-state index < -0.39 is 10.9 Å². The molecule has 0 aliphatic rings. The van der Waals surface area contributed by atoms with Gasteiger partial charge in [-0.15, -0.1) is 0 Å². The van der Waals surface area contributed by atoms with E-state index in [4.69, 9.17) is 0 Å². The predicted octanol–water partition coefficient (Wildman–Crippen LogP) is 4.97. The number of hydrogen-bond acceptors (Lipinski definition) is 7. The van der Waals surface area contributed by atoms with E-state index in [9.17, 15) is 20.0 Å². The van der Waals surface area contributed by atoms with E-state index in [1.54, 1.807) is 18.2 Å². The van der Waals surface area contributed by atoms with Gasteiger partial charge in [-0.05, 0) is 41.5 Å². The Morgan fingerprint density at radius 1 is 1.15 bits per heavy atom. The van der Waals surface area contributed by atoms with Crippen molar-refractivity contribution >= 4 is 34.1 Å². The highest BCUT2D eigenvalue weighted by Crippen LogP contribution is 2.41. The topological polar surface area (TPSA) is 89.7 Å². The van der Waals surface area contributed by atoms with Gasteiger partial charge in [-0.25, -0.2) is 4.79 Å². The molecule has 0 bridgehead atoms. The van der Waals surface area contributed by atoms with Gasteiger partial charge in [0.15, 0.2) is 0 Å². The van der Waals surface area contributed by atoms with Crippen molar-refractivity contribution in [2.24, 2.45) is 0 Å². The minimum absolute atomic E-state index is 0.0903. The maximum absolute atomic E-state index is 11.6. The molecule has 1 N–H and O–H groups in total. The number of rotatable bonds is 5. The average Bonchev–Trinajstić information content (AvgIpc) is 3.06. The molecule has 0 fully saturated rings. The molecule has 3 rings (SSSR count). The Kier molecular flexibility index (Phi) is 5.24. The minimum Gasteiger partial charge on any atom is -0.508 e. The number of aromatic hydroxyl groups is 1. The Labute approximate surface area is 157 Å². The third kappa shape index (κ3) is 3.87. The zero-order chi connectivity index (χ0) is 18.7. The number of carbonyl (C=O) groups is 1. The maximum atomic E-state index is 11.6. The fourth-order valence-corrected chi connectivity index (χ4v) is 4.27. The number of carbonyl (C=O) groups excluding carboxylic acids is 1. The second-order valence-electron chi connectivity index (χ2n) is 5.21. The van der Waals surface area contributed by atoms with Crippen LogP contribution in [-0.2, 0) is 4.74 Å². The van der Waals surface area contributed by atoms with Crippen LogP contribution in [0.3, 0.4) is 0 Å². The molecular formula is C18H13NO5S2. The summed E-state index contributed by atoms with van der Waals surface area (Å²) in [6.07, 6.45) is 0. The largest absolute Gasteiger partial charge is 0.508 e. The first-order valence-corrected chi connectivity index (χ1v) is 9.05.